The van der Waals surface area contributed by atoms with E-state index in [0.717, 1.165) is 33.7 Å². The van der Waals surface area contributed by atoms with Crippen LogP contribution in [0.25, 0.3) is 0 Å². The second kappa shape index (κ2) is 14.0. The molecule has 0 heterocycles. The van der Waals surface area contributed by atoms with E-state index < -0.39 is 28.5 Å². The van der Waals surface area contributed by atoms with Crippen LogP contribution in [0.5, 0.6) is 5.75 Å². The van der Waals surface area contributed by atoms with Crippen LogP contribution in [-0.4, -0.2) is 57.1 Å². The molecule has 0 aliphatic rings. The number of nitrogens with zero attached hydrogens (tertiary/aromatic N) is 2. The first-order valence-corrected chi connectivity index (χ1v) is 15.2. The Balaban J connectivity index is 2.08. The fourth-order valence-electron chi connectivity index (χ4n) is 4.36. The Labute approximate surface area is 238 Å². The highest BCUT2D eigenvalue weighted by Crippen LogP contribution is 2.31. The van der Waals surface area contributed by atoms with Crippen LogP contribution < -0.4 is 14.4 Å². The number of hydrogen-bond acceptors (Lipinski definition) is 5. The minimum atomic E-state index is -3.89. The SMILES string of the molecule is CCC(C)NC(=O)C(Cc1ccccc1)N(Cc1ccccc1)C(=O)CN(c1cc(C)ccc1OC)S(C)(=O)=O. The van der Waals surface area contributed by atoms with Gasteiger partial charge in [-0.1, -0.05) is 73.7 Å². The van der Waals surface area contributed by atoms with Crippen molar-refractivity contribution in [3.8, 4) is 5.75 Å². The molecule has 0 spiro atoms. The van der Waals surface area contributed by atoms with Gasteiger partial charge in [0.05, 0.1) is 19.1 Å². The quantitative estimate of drug-likeness (QED) is 0.333. The van der Waals surface area contributed by atoms with Crippen LogP contribution in [0.2, 0.25) is 0 Å². The molecule has 9 heteroatoms. The third-order valence-corrected chi connectivity index (χ3v) is 7.88. The summed E-state index contributed by atoms with van der Waals surface area (Å²) in [5, 5.41) is 3.03. The van der Waals surface area contributed by atoms with E-state index in [2.05, 4.69) is 5.32 Å². The second-order valence-electron chi connectivity index (χ2n) is 9.98. The number of amides is 2. The number of rotatable bonds is 13. The lowest BCUT2D eigenvalue weighted by Gasteiger charge is -2.34. The molecule has 0 saturated heterocycles. The van der Waals surface area contributed by atoms with Gasteiger partial charge in [0.25, 0.3) is 0 Å². The molecule has 0 aliphatic heterocycles. The smallest absolute Gasteiger partial charge is 0.244 e. The number of carbonyl (C=O) groups excluding carboxylic acids is 2. The molecule has 0 fully saturated rings. The van der Waals surface area contributed by atoms with Crippen LogP contribution in [-0.2, 0) is 32.6 Å². The Morgan fingerprint density at radius 3 is 2.10 bits per heavy atom. The highest BCUT2D eigenvalue weighted by atomic mass is 32.2. The van der Waals surface area contributed by atoms with Gasteiger partial charge < -0.3 is 15.0 Å². The van der Waals surface area contributed by atoms with Gasteiger partial charge in [0, 0.05) is 19.0 Å². The topological polar surface area (TPSA) is 96.0 Å². The van der Waals surface area contributed by atoms with Crippen LogP contribution in [0.4, 0.5) is 5.69 Å². The van der Waals surface area contributed by atoms with Crippen molar-refractivity contribution in [1.82, 2.24) is 10.2 Å². The molecule has 0 saturated carbocycles. The molecule has 2 atom stereocenters. The summed E-state index contributed by atoms with van der Waals surface area (Å²) in [6.07, 6.45) is 2.06. The van der Waals surface area contributed by atoms with Gasteiger partial charge in [-0.3, -0.25) is 13.9 Å². The molecule has 0 aromatic heterocycles. The summed E-state index contributed by atoms with van der Waals surface area (Å²) in [6.45, 7) is 5.36. The molecule has 0 aliphatic carbocycles. The summed E-state index contributed by atoms with van der Waals surface area (Å²) >= 11 is 0. The maximum atomic E-state index is 14.2. The predicted molar refractivity (Wildman–Crippen MR) is 159 cm³/mol. The Morgan fingerprint density at radius 1 is 0.950 bits per heavy atom. The first kappa shape index (κ1) is 30.7. The largest absolute Gasteiger partial charge is 0.495 e. The summed E-state index contributed by atoms with van der Waals surface area (Å²) < 4.78 is 32.5. The van der Waals surface area contributed by atoms with Gasteiger partial charge in [0.15, 0.2) is 0 Å². The number of methoxy groups -OCH3 is 1. The van der Waals surface area contributed by atoms with Crippen molar-refractivity contribution in [1.29, 1.82) is 0 Å². The fraction of sp³-hybridized carbons (Fsp3) is 0.355. The van der Waals surface area contributed by atoms with Crippen molar-refractivity contribution in [2.45, 2.75) is 52.2 Å². The molecular formula is C31H39N3O5S. The molecule has 1 N–H and O–H groups in total. The number of ether oxygens (including phenoxy) is 1. The average Bonchev–Trinajstić information content (AvgIpc) is 2.93. The number of benzene rings is 3. The number of hydrogen-bond donors (Lipinski definition) is 1. The first-order chi connectivity index (χ1) is 19.0. The van der Waals surface area contributed by atoms with Gasteiger partial charge in [-0.15, -0.1) is 0 Å². The molecule has 2 amide bonds. The Kier molecular flexibility index (Phi) is 10.7. The average molecular weight is 566 g/mol. The number of sulfonamides is 1. The highest BCUT2D eigenvalue weighted by molar-refractivity contribution is 7.92. The van der Waals surface area contributed by atoms with E-state index in [9.17, 15) is 18.0 Å². The van der Waals surface area contributed by atoms with Crippen molar-refractivity contribution in [2.75, 3.05) is 24.2 Å². The van der Waals surface area contributed by atoms with Crippen LogP contribution >= 0.6 is 0 Å². The van der Waals surface area contributed by atoms with Crippen molar-refractivity contribution >= 4 is 27.5 Å². The van der Waals surface area contributed by atoms with Crippen molar-refractivity contribution < 1.29 is 22.7 Å². The van der Waals surface area contributed by atoms with E-state index in [0.29, 0.717) is 5.75 Å². The van der Waals surface area contributed by atoms with Gasteiger partial charge >= 0.3 is 0 Å². The van der Waals surface area contributed by atoms with Gasteiger partial charge in [-0.2, -0.15) is 0 Å². The van der Waals surface area contributed by atoms with Crippen molar-refractivity contribution in [3.05, 3.63) is 95.6 Å². The van der Waals surface area contributed by atoms with E-state index in [4.69, 9.17) is 4.74 Å². The minimum Gasteiger partial charge on any atom is -0.495 e. The van der Waals surface area contributed by atoms with E-state index in [1.807, 2.05) is 81.4 Å². The molecule has 3 aromatic rings. The number of carbonyl (C=O) groups is 2. The Hall–Kier alpha value is -3.85. The van der Waals surface area contributed by atoms with Gasteiger partial charge in [-0.25, -0.2) is 8.42 Å². The Morgan fingerprint density at radius 2 is 1.55 bits per heavy atom. The summed E-state index contributed by atoms with van der Waals surface area (Å²) in [5.74, 6) is -0.464. The third kappa shape index (κ3) is 8.32. The lowest BCUT2D eigenvalue weighted by molar-refractivity contribution is -0.140. The molecule has 0 radical (unpaired) electrons. The van der Waals surface area contributed by atoms with Gasteiger partial charge in [-0.05, 0) is 49.1 Å². The molecular weight excluding hydrogens is 526 g/mol. The third-order valence-electron chi connectivity index (χ3n) is 6.75. The highest BCUT2D eigenvalue weighted by Gasteiger charge is 2.34. The lowest BCUT2D eigenvalue weighted by Crippen LogP contribution is -2.54. The monoisotopic (exact) mass is 565 g/mol. The Bertz CT molecular complexity index is 1380. The summed E-state index contributed by atoms with van der Waals surface area (Å²) in [7, 11) is -2.44. The molecule has 2 unspecified atom stereocenters. The normalized spacial score (nSPS) is 12.7. The molecule has 214 valence electrons. The maximum Gasteiger partial charge on any atom is 0.244 e. The van der Waals surface area contributed by atoms with Crippen LogP contribution in [0.15, 0.2) is 78.9 Å². The number of nitrogens with one attached hydrogen (secondary N) is 1. The second-order valence-corrected chi connectivity index (χ2v) is 11.9. The zero-order chi connectivity index (χ0) is 29.3. The van der Waals surface area contributed by atoms with Crippen LogP contribution in [0, 0.1) is 6.92 Å². The zero-order valence-electron chi connectivity index (χ0n) is 23.8. The van der Waals surface area contributed by atoms with Gasteiger partial charge in [0.1, 0.15) is 18.3 Å². The van der Waals surface area contributed by atoms with E-state index >= 15 is 0 Å². The molecule has 3 rings (SSSR count). The lowest BCUT2D eigenvalue weighted by atomic mass is 10.0. The summed E-state index contributed by atoms with van der Waals surface area (Å²) in [4.78, 5) is 29.3. The minimum absolute atomic E-state index is 0.0940. The summed E-state index contributed by atoms with van der Waals surface area (Å²) in [5.41, 5.74) is 2.79. The molecule has 0 bridgehead atoms. The van der Waals surface area contributed by atoms with E-state index in [1.54, 1.807) is 18.2 Å². The number of aryl methyl sites for hydroxylation is 1. The van der Waals surface area contributed by atoms with Crippen molar-refractivity contribution in [2.24, 2.45) is 0 Å². The maximum absolute atomic E-state index is 14.2. The fourth-order valence-corrected chi connectivity index (χ4v) is 5.21. The van der Waals surface area contributed by atoms with Gasteiger partial charge in [0.2, 0.25) is 21.8 Å². The standard InChI is InChI=1S/C31H39N3O5S/c1-6-24(3)32-31(36)28(20-25-13-9-7-10-14-25)33(21-26-15-11-8-12-16-26)30(35)22-34(40(5,37)38)27-19-23(2)17-18-29(27)39-4/h7-19,24,28H,6,20-22H2,1-5H3,(H,32,36). The zero-order valence-corrected chi connectivity index (χ0v) is 24.6. The molecule has 40 heavy (non-hydrogen) atoms. The molecule has 8 nitrogen and oxygen atoms in total. The first-order valence-electron chi connectivity index (χ1n) is 13.3. The van der Waals surface area contributed by atoms with Crippen LogP contribution in [0.1, 0.15) is 37.0 Å². The predicted octanol–water partition coefficient (Wildman–Crippen LogP) is 4.32. The molecule has 3 aromatic carbocycles. The van der Waals surface area contributed by atoms with Crippen LogP contribution in [0.3, 0.4) is 0 Å². The van der Waals surface area contributed by atoms with Crippen molar-refractivity contribution in [3.63, 3.8) is 0 Å². The number of anilines is 1. The van der Waals surface area contributed by atoms with E-state index in [1.165, 1.54) is 12.0 Å². The summed E-state index contributed by atoms with van der Waals surface area (Å²) in [6, 6.07) is 23.0. The van der Waals surface area contributed by atoms with E-state index in [-0.39, 0.29) is 30.6 Å².